The Morgan fingerprint density at radius 3 is 2.50 bits per heavy atom. The van der Waals surface area contributed by atoms with Crippen molar-refractivity contribution in [1.82, 2.24) is 5.32 Å². The molecule has 2 nitrogen and oxygen atoms in total. The first-order valence-electron chi connectivity index (χ1n) is 6.26. The van der Waals surface area contributed by atoms with Gasteiger partial charge in [0.15, 0.2) is 0 Å². The maximum absolute atomic E-state index is 5.95. The van der Waals surface area contributed by atoms with Gasteiger partial charge in [-0.2, -0.15) is 0 Å². The maximum Gasteiger partial charge on any atom is 0.0168 e. The molecule has 0 aromatic rings. The Morgan fingerprint density at radius 1 is 1.14 bits per heavy atom. The summed E-state index contributed by atoms with van der Waals surface area (Å²) in [6.07, 6.45) is 8.45. The van der Waals surface area contributed by atoms with E-state index in [0.29, 0.717) is 6.04 Å². The van der Waals surface area contributed by atoms with Gasteiger partial charge in [-0.1, -0.05) is 26.2 Å². The molecule has 14 heavy (non-hydrogen) atoms. The Labute approximate surface area is 87.6 Å². The van der Waals surface area contributed by atoms with Gasteiger partial charge in [0.25, 0.3) is 0 Å². The average molecular weight is 196 g/mol. The van der Waals surface area contributed by atoms with Crippen molar-refractivity contribution in [3.8, 4) is 0 Å². The van der Waals surface area contributed by atoms with Gasteiger partial charge in [0.05, 0.1) is 0 Å². The molecule has 2 rings (SSSR count). The summed E-state index contributed by atoms with van der Waals surface area (Å²) in [4.78, 5) is 0. The lowest BCUT2D eigenvalue weighted by Crippen LogP contribution is -2.53. The first-order chi connectivity index (χ1) is 6.77. The highest BCUT2D eigenvalue weighted by Gasteiger charge is 2.31. The number of nitrogens with two attached hydrogens (primary N) is 1. The third-order valence-corrected chi connectivity index (χ3v) is 4.06. The van der Waals surface area contributed by atoms with E-state index in [-0.39, 0.29) is 0 Å². The van der Waals surface area contributed by atoms with Crippen molar-refractivity contribution in [1.29, 1.82) is 0 Å². The molecule has 0 radical (unpaired) electrons. The Hall–Kier alpha value is -0.0800. The fraction of sp³-hybridized carbons (Fsp3) is 1.00. The summed E-state index contributed by atoms with van der Waals surface area (Å²) in [7, 11) is 0. The molecule has 3 N–H and O–H groups in total. The molecule has 1 heterocycles. The molecule has 2 heteroatoms. The quantitative estimate of drug-likeness (QED) is 0.672. The van der Waals surface area contributed by atoms with Crippen LogP contribution in [0.5, 0.6) is 0 Å². The van der Waals surface area contributed by atoms with Crippen molar-refractivity contribution >= 4 is 0 Å². The molecule has 82 valence electrons. The van der Waals surface area contributed by atoms with Crippen LogP contribution < -0.4 is 11.1 Å². The molecular formula is C12H24N2. The summed E-state index contributed by atoms with van der Waals surface area (Å²) in [5.74, 6) is 1.72. The second kappa shape index (κ2) is 4.63. The fourth-order valence-electron chi connectivity index (χ4n) is 3.32. The number of hydrogen-bond donors (Lipinski definition) is 2. The van der Waals surface area contributed by atoms with Crippen LogP contribution in [0.1, 0.15) is 45.4 Å². The van der Waals surface area contributed by atoms with Gasteiger partial charge >= 0.3 is 0 Å². The van der Waals surface area contributed by atoms with Crippen LogP contribution in [0.3, 0.4) is 0 Å². The number of rotatable bonds is 1. The summed E-state index contributed by atoms with van der Waals surface area (Å²) in [5.41, 5.74) is 5.95. The van der Waals surface area contributed by atoms with Crippen LogP contribution in [0.2, 0.25) is 0 Å². The highest BCUT2D eigenvalue weighted by Crippen LogP contribution is 2.32. The zero-order valence-corrected chi connectivity index (χ0v) is 9.34. The Balaban J connectivity index is 1.89. The van der Waals surface area contributed by atoms with Crippen LogP contribution in [-0.2, 0) is 0 Å². The second-order valence-corrected chi connectivity index (χ2v) is 5.31. The Morgan fingerprint density at radius 2 is 1.86 bits per heavy atom. The normalized spacial score (nSPS) is 41.1. The lowest BCUT2D eigenvalue weighted by atomic mass is 9.76. The number of piperidine rings is 1. The van der Waals surface area contributed by atoms with Gasteiger partial charge in [-0.05, 0) is 31.1 Å². The maximum atomic E-state index is 5.95. The molecule has 0 aromatic carbocycles. The van der Waals surface area contributed by atoms with Crippen LogP contribution in [0.15, 0.2) is 0 Å². The van der Waals surface area contributed by atoms with Gasteiger partial charge in [-0.3, -0.25) is 0 Å². The SMILES string of the molecule is CC1CC(N)CNC1C1CCCCC1. The molecule has 3 atom stereocenters. The lowest BCUT2D eigenvalue weighted by Gasteiger charge is -2.40. The van der Waals surface area contributed by atoms with E-state index in [0.717, 1.165) is 24.4 Å². The largest absolute Gasteiger partial charge is 0.327 e. The van der Waals surface area contributed by atoms with Crippen molar-refractivity contribution in [2.45, 2.75) is 57.5 Å². The van der Waals surface area contributed by atoms with Crippen molar-refractivity contribution in [3.63, 3.8) is 0 Å². The van der Waals surface area contributed by atoms with Gasteiger partial charge in [0, 0.05) is 18.6 Å². The van der Waals surface area contributed by atoms with Gasteiger partial charge in [-0.25, -0.2) is 0 Å². The minimum atomic E-state index is 0.393. The zero-order valence-electron chi connectivity index (χ0n) is 9.34. The molecule has 1 aliphatic heterocycles. The molecule has 2 fully saturated rings. The summed E-state index contributed by atoms with van der Waals surface area (Å²) in [6.45, 7) is 3.40. The third-order valence-electron chi connectivity index (χ3n) is 4.06. The summed E-state index contributed by atoms with van der Waals surface area (Å²) < 4.78 is 0. The first-order valence-corrected chi connectivity index (χ1v) is 6.26. The van der Waals surface area contributed by atoms with E-state index in [1.807, 2.05) is 0 Å². The zero-order chi connectivity index (χ0) is 9.97. The van der Waals surface area contributed by atoms with Crippen molar-refractivity contribution < 1.29 is 0 Å². The second-order valence-electron chi connectivity index (χ2n) is 5.31. The molecule has 1 saturated carbocycles. The van der Waals surface area contributed by atoms with Crippen molar-refractivity contribution in [2.24, 2.45) is 17.6 Å². The molecule has 0 bridgehead atoms. The summed E-state index contributed by atoms with van der Waals surface area (Å²) in [5, 5.41) is 3.66. The molecule has 2 aliphatic rings. The van der Waals surface area contributed by atoms with Crippen molar-refractivity contribution in [3.05, 3.63) is 0 Å². The van der Waals surface area contributed by atoms with E-state index in [1.165, 1.54) is 38.5 Å². The molecule has 0 amide bonds. The van der Waals surface area contributed by atoms with Crippen LogP contribution in [0.4, 0.5) is 0 Å². The Kier molecular flexibility index (Phi) is 3.45. The minimum Gasteiger partial charge on any atom is -0.327 e. The fourth-order valence-corrected chi connectivity index (χ4v) is 3.32. The van der Waals surface area contributed by atoms with Crippen LogP contribution in [0, 0.1) is 11.8 Å². The standard InChI is InChI=1S/C12H24N2/c1-9-7-11(13)8-14-12(9)10-5-3-2-4-6-10/h9-12,14H,2-8,13H2,1H3. The summed E-state index contributed by atoms with van der Waals surface area (Å²) in [6, 6.07) is 1.15. The van der Waals surface area contributed by atoms with Crippen molar-refractivity contribution in [2.75, 3.05) is 6.54 Å². The predicted octanol–water partition coefficient (Wildman–Crippen LogP) is 1.89. The molecular weight excluding hydrogens is 172 g/mol. The van der Waals surface area contributed by atoms with Crippen LogP contribution >= 0.6 is 0 Å². The average Bonchev–Trinajstić information content (AvgIpc) is 2.19. The van der Waals surface area contributed by atoms with E-state index >= 15 is 0 Å². The van der Waals surface area contributed by atoms with Gasteiger partial charge in [0.1, 0.15) is 0 Å². The summed E-state index contributed by atoms with van der Waals surface area (Å²) >= 11 is 0. The van der Waals surface area contributed by atoms with Crippen LogP contribution in [-0.4, -0.2) is 18.6 Å². The smallest absolute Gasteiger partial charge is 0.0168 e. The number of nitrogens with one attached hydrogen (secondary N) is 1. The predicted molar refractivity (Wildman–Crippen MR) is 60.1 cm³/mol. The van der Waals surface area contributed by atoms with E-state index in [9.17, 15) is 0 Å². The molecule has 1 saturated heterocycles. The Bertz CT molecular complexity index is 175. The van der Waals surface area contributed by atoms with Gasteiger partial charge in [-0.15, -0.1) is 0 Å². The lowest BCUT2D eigenvalue weighted by molar-refractivity contribution is 0.171. The third kappa shape index (κ3) is 2.29. The van der Waals surface area contributed by atoms with E-state index in [1.54, 1.807) is 0 Å². The van der Waals surface area contributed by atoms with E-state index in [2.05, 4.69) is 12.2 Å². The monoisotopic (exact) mass is 196 g/mol. The molecule has 0 aromatic heterocycles. The molecule has 3 unspecified atom stereocenters. The number of hydrogen-bond acceptors (Lipinski definition) is 2. The molecule has 0 spiro atoms. The van der Waals surface area contributed by atoms with E-state index in [4.69, 9.17) is 5.73 Å². The van der Waals surface area contributed by atoms with E-state index < -0.39 is 0 Å². The van der Waals surface area contributed by atoms with Gasteiger partial charge < -0.3 is 11.1 Å². The first kappa shape index (κ1) is 10.4. The van der Waals surface area contributed by atoms with Crippen LogP contribution in [0.25, 0.3) is 0 Å². The minimum absolute atomic E-state index is 0.393. The van der Waals surface area contributed by atoms with Gasteiger partial charge in [0.2, 0.25) is 0 Å². The topological polar surface area (TPSA) is 38.0 Å². The molecule has 1 aliphatic carbocycles. The highest BCUT2D eigenvalue weighted by atomic mass is 15.0. The highest BCUT2D eigenvalue weighted by molar-refractivity contribution is 4.90.